The van der Waals surface area contributed by atoms with Gasteiger partial charge in [-0.05, 0) is 12.0 Å². The van der Waals surface area contributed by atoms with Crippen molar-refractivity contribution in [3.63, 3.8) is 0 Å². The van der Waals surface area contributed by atoms with E-state index in [1.165, 1.54) is 12.1 Å². The van der Waals surface area contributed by atoms with Crippen molar-refractivity contribution in [3.05, 3.63) is 39.9 Å². The van der Waals surface area contributed by atoms with Crippen LogP contribution < -0.4 is 10.6 Å². The van der Waals surface area contributed by atoms with Crippen LogP contribution in [0.2, 0.25) is 0 Å². The lowest BCUT2D eigenvalue weighted by Gasteiger charge is -2.05. The number of nitro benzene ring substituents is 1. The van der Waals surface area contributed by atoms with Gasteiger partial charge in [-0.15, -0.1) is 0 Å². The lowest BCUT2D eigenvalue weighted by Crippen LogP contribution is -2.33. The average molecular weight is 251 g/mol. The van der Waals surface area contributed by atoms with Crippen LogP contribution in [-0.4, -0.2) is 23.9 Å². The van der Waals surface area contributed by atoms with Crippen LogP contribution in [0.1, 0.15) is 18.9 Å². The van der Waals surface area contributed by atoms with E-state index in [1.54, 1.807) is 12.1 Å². The molecule has 0 bridgehead atoms. The van der Waals surface area contributed by atoms with E-state index in [4.69, 9.17) is 0 Å². The molecule has 18 heavy (non-hydrogen) atoms. The van der Waals surface area contributed by atoms with Crippen molar-refractivity contribution >= 4 is 11.6 Å². The molecule has 0 radical (unpaired) electrons. The fraction of sp³-hybridized carbons (Fsp3) is 0.417. The first-order valence-corrected chi connectivity index (χ1v) is 5.84. The Morgan fingerprint density at radius 3 is 2.56 bits per heavy atom. The highest BCUT2D eigenvalue weighted by Crippen LogP contribution is 2.11. The zero-order valence-electron chi connectivity index (χ0n) is 10.3. The third-order valence-electron chi connectivity index (χ3n) is 2.33. The first-order valence-electron chi connectivity index (χ1n) is 5.84. The number of benzene rings is 1. The zero-order chi connectivity index (χ0) is 13.4. The predicted octanol–water partition coefficient (Wildman–Crippen LogP) is 1.21. The summed E-state index contributed by atoms with van der Waals surface area (Å²) in [6, 6.07) is 6.26. The molecule has 0 fully saturated rings. The first-order chi connectivity index (χ1) is 8.63. The molecule has 1 amide bonds. The molecule has 1 rings (SSSR count). The third kappa shape index (κ3) is 4.92. The predicted molar refractivity (Wildman–Crippen MR) is 68.1 cm³/mol. The number of rotatable bonds is 7. The van der Waals surface area contributed by atoms with Crippen molar-refractivity contribution in [1.29, 1.82) is 0 Å². The fourth-order valence-corrected chi connectivity index (χ4v) is 1.38. The molecule has 6 nitrogen and oxygen atoms in total. The molecule has 0 heterocycles. The van der Waals surface area contributed by atoms with E-state index in [9.17, 15) is 14.9 Å². The molecular weight excluding hydrogens is 234 g/mol. The number of non-ortho nitro benzene ring substituents is 1. The smallest absolute Gasteiger partial charge is 0.269 e. The Morgan fingerprint density at radius 1 is 1.33 bits per heavy atom. The maximum Gasteiger partial charge on any atom is 0.269 e. The van der Waals surface area contributed by atoms with E-state index >= 15 is 0 Å². The minimum Gasteiger partial charge on any atom is -0.355 e. The molecule has 1 aromatic rings. The second kappa shape index (κ2) is 7.39. The molecule has 1 aromatic carbocycles. The van der Waals surface area contributed by atoms with E-state index in [0.717, 1.165) is 12.0 Å². The van der Waals surface area contributed by atoms with Crippen LogP contribution in [0, 0.1) is 10.1 Å². The number of hydrogen-bond donors (Lipinski definition) is 2. The van der Waals surface area contributed by atoms with E-state index in [1.807, 2.05) is 6.92 Å². The highest BCUT2D eigenvalue weighted by molar-refractivity contribution is 5.77. The van der Waals surface area contributed by atoms with Crippen molar-refractivity contribution in [3.8, 4) is 0 Å². The summed E-state index contributed by atoms with van der Waals surface area (Å²) in [5.74, 6) is -0.0428. The van der Waals surface area contributed by atoms with Crippen molar-refractivity contribution < 1.29 is 9.72 Å². The monoisotopic (exact) mass is 251 g/mol. The number of carbonyl (C=O) groups excluding carboxylic acids is 1. The quantitative estimate of drug-likeness (QED) is 0.563. The van der Waals surface area contributed by atoms with Gasteiger partial charge in [0, 0.05) is 25.2 Å². The van der Waals surface area contributed by atoms with Crippen LogP contribution in [0.15, 0.2) is 24.3 Å². The van der Waals surface area contributed by atoms with Gasteiger partial charge in [-0.3, -0.25) is 14.9 Å². The van der Waals surface area contributed by atoms with Gasteiger partial charge < -0.3 is 10.6 Å². The number of hydrogen-bond acceptors (Lipinski definition) is 4. The molecule has 0 saturated carbocycles. The number of nitro groups is 1. The molecule has 98 valence electrons. The van der Waals surface area contributed by atoms with Crippen molar-refractivity contribution in [1.82, 2.24) is 10.6 Å². The number of nitrogens with one attached hydrogen (secondary N) is 2. The summed E-state index contributed by atoms with van der Waals surface area (Å²) in [5, 5.41) is 16.2. The largest absolute Gasteiger partial charge is 0.355 e. The van der Waals surface area contributed by atoms with Crippen LogP contribution in [0.5, 0.6) is 0 Å². The van der Waals surface area contributed by atoms with Crippen LogP contribution in [0.3, 0.4) is 0 Å². The molecule has 0 unspecified atom stereocenters. The first kappa shape index (κ1) is 14.1. The van der Waals surface area contributed by atoms with Gasteiger partial charge in [0.15, 0.2) is 0 Å². The van der Waals surface area contributed by atoms with Gasteiger partial charge in [0.25, 0.3) is 5.69 Å². The van der Waals surface area contributed by atoms with Gasteiger partial charge in [0.2, 0.25) is 5.91 Å². The molecule has 0 atom stereocenters. The standard InChI is InChI=1S/C12H17N3O3/c1-2-7-14-12(16)9-13-8-10-3-5-11(6-4-10)15(17)18/h3-6,13H,2,7-9H2,1H3,(H,14,16). The summed E-state index contributed by atoms with van der Waals surface area (Å²) < 4.78 is 0. The van der Waals surface area contributed by atoms with Gasteiger partial charge in [0.1, 0.15) is 0 Å². The van der Waals surface area contributed by atoms with Crippen molar-refractivity contribution in [2.75, 3.05) is 13.1 Å². The number of carbonyl (C=O) groups is 1. The maximum absolute atomic E-state index is 11.3. The molecule has 0 aliphatic rings. The van der Waals surface area contributed by atoms with Gasteiger partial charge in [-0.25, -0.2) is 0 Å². The Hall–Kier alpha value is -1.95. The average Bonchev–Trinajstić information content (AvgIpc) is 2.37. The van der Waals surface area contributed by atoms with E-state index in [0.29, 0.717) is 13.1 Å². The second-order valence-corrected chi connectivity index (χ2v) is 3.88. The molecule has 2 N–H and O–H groups in total. The summed E-state index contributed by atoms with van der Waals surface area (Å²) in [4.78, 5) is 21.3. The van der Waals surface area contributed by atoms with Gasteiger partial charge in [0.05, 0.1) is 11.5 Å². The molecule has 0 spiro atoms. The Kier molecular flexibility index (Phi) is 5.79. The maximum atomic E-state index is 11.3. The Bertz CT molecular complexity index is 404. The van der Waals surface area contributed by atoms with E-state index in [-0.39, 0.29) is 18.1 Å². The van der Waals surface area contributed by atoms with E-state index < -0.39 is 4.92 Å². The summed E-state index contributed by atoms with van der Waals surface area (Å²) in [6.07, 6.45) is 0.911. The minimum absolute atomic E-state index is 0.0428. The number of amides is 1. The summed E-state index contributed by atoms with van der Waals surface area (Å²) >= 11 is 0. The van der Waals surface area contributed by atoms with Crippen LogP contribution in [0.4, 0.5) is 5.69 Å². The van der Waals surface area contributed by atoms with Gasteiger partial charge in [-0.1, -0.05) is 19.1 Å². The Balaban J connectivity index is 2.31. The molecule has 0 aromatic heterocycles. The topological polar surface area (TPSA) is 84.3 Å². The number of nitrogens with zero attached hydrogens (tertiary/aromatic N) is 1. The van der Waals surface area contributed by atoms with Gasteiger partial charge >= 0.3 is 0 Å². The SMILES string of the molecule is CCCNC(=O)CNCc1ccc([N+](=O)[O-])cc1. The second-order valence-electron chi connectivity index (χ2n) is 3.88. The van der Waals surface area contributed by atoms with Crippen LogP contribution in [-0.2, 0) is 11.3 Å². The van der Waals surface area contributed by atoms with Crippen LogP contribution >= 0.6 is 0 Å². The molecule has 0 saturated heterocycles. The Labute approximate surface area is 106 Å². The highest BCUT2D eigenvalue weighted by Gasteiger charge is 2.04. The highest BCUT2D eigenvalue weighted by atomic mass is 16.6. The van der Waals surface area contributed by atoms with Crippen molar-refractivity contribution in [2.45, 2.75) is 19.9 Å². The molecule has 0 aliphatic heterocycles. The summed E-state index contributed by atoms with van der Waals surface area (Å²) in [6.45, 7) is 3.43. The normalized spacial score (nSPS) is 10.1. The molecule has 6 heteroatoms. The molecular formula is C12H17N3O3. The van der Waals surface area contributed by atoms with Crippen molar-refractivity contribution in [2.24, 2.45) is 0 Å². The Morgan fingerprint density at radius 2 is 2.00 bits per heavy atom. The lowest BCUT2D eigenvalue weighted by atomic mass is 10.2. The lowest BCUT2D eigenvalue weighted by molar-refractivity contribution is -0.384. The minimum atomic E-state index is -0.435. The van der Waals surface area contributed by atoms with Crippen LogP contribution in [0.25, 0.3) is 0 Å². The van der Waals surface area contributed by atoms with E-state index in [2.05, 4.69) is 10.6 Å². The van der Waals surface area contributed by atoms with Gasteiger partial charge in [-0.2, -0.15) is 0 Å². The summed E-state index contributed by atoms with van der Waals surface area (Å²) in [7, 11) is 0. The molecule has 0 aliphatic carbocycles. The fourth-order valence-electron chi connectivity index (χ4n) is 1.38. The summed E-state index contributed by atoms with van der Waals surface area (Å²) in [5.41, 5.74) is 0.975. The zero-order valence-corrected chi connectivity index (χ0v) is 10.3. The third-order valence-corrected chi connectivity index (χ3v) is 2.33.